The second-order valence-electron chi connectivity index (χ2n) is 19.5. The Hall–Kier alpha value is -1.59. The van der Waals surface area contributed by atoms with Crippen LogP contribution in [0.1, 0.15) is 298 Å². The van der Waals surface area contributed by atoms with Crippen LogP contribution in [0.25, 0.3) is 0 Å². The highest BCUT2D eigenvalue weighted by atomic mass is 16.6. The first-order chi connectivity index (χ1) is 29.2. The molecule has 1 atom stereocenters. The fourth-order valence-electron chi connectivity index (χ4n) is 8.17. The van der Waals surface area contributed by atoms with Crippen molar-refractivity contribution < 1.29 is 28.6 Å². The summed E-state index contributed by atoms with van der Waals surface area (Å²) in [7, 11) is 0. The maximum absolute atomic E-state index is 12.8. The van der Waals surface area contributed by atoms with Crippen LogP contribution < -0.4 is 0 Å². The minimum Gasteiger partial charge on any atom is -0.462 e. The predicted molar refractivity (Wildman–Crippen MR) is 256 cm³/mol. The van der Waals surface area contributed by atoms with Crippen molar-refractivity contribution in [3.63, 3.8) is 0 Å². The summed E-state index contributed by atoms with van der Waals surface area (Å²) in [6, 6.07) is 0. The van der Waals surface area contributed by atoms with Crippen LogP contribution in [0.5, 0.6) is 0 Å². The van der Waals surface area contributed by atoms with E-state index in [2.05, 4.69) is 34.6 Å². The SMILES string of the molecule is CCCCCCCCCCCCCCCC(=O)O[C@H](COC(=O)CCCCCCCCCCCCCCCCCCC(C)C)COC(=O)CCCCCCCCCC(C)C. The van der Waals surface area contributed by atoms with Gasteiger partial charge in [-0.3, -0.25) is 14.4 Å². The average Bonchev–Trinajstić information content (AvgIpc) is 3.22. The molecule has 0 heterocycles. The summed E-state index contributed by atoms with van der Waals surface area (Å²) in [5.74, 6) is 0.786. The van der Waals surface area contributed by atoms with E-state index in [1.807, 2.05) is 0 Å². The van der Waals surface area contributed by atoms with Crippen molar-refractivity contribution in [2.45, 2.75) is 304 Å². The van der Waals surface area contributed by atoms with Crippen molar-refractivity contribution >= 4 is 17.9 Å². The number of rotatable bonds is 48. The smallest absolute Gasteiger partial charge is 0.306 e. The molecule has 0 fully saturated rings. The van der Waals surface area contributed by atoms with E-state index in [0.717, 1.165) is 69.6 Å². The summed E-state index contributed by atoms with van der Waals surface area (Å²) in [6.45, 7) is 11.3. The van der Waals surface area contributed by atoms with E-state index in [1.54, 1.807) is 0 Å². The quantitative estimate of drug-likeness (QED) is 0.0345. The molecule has 6 nitrogen and oxygen atoms in total. The lowest BCUT2D eigenvalue weighted by atomic mass is 10.0. The first kappa shape index (κ1) is 58.4. The Labute approximate surface area is 374 Å². The zero-order valence-corrected chi connectivity index (χ0v) is 41.1. The van der Waals surface area contributed by atoms with Crippen LogP contribution >= 0.6 is 0 Å². The van der Waals surface area contributed by atoms with Crippen LogP contribution in [0.4, 0.5) is 0 Å². The van der Waals surface area contributed by atoms with Crippen LogP contribution in [-0.4, -0.2) is 37.2 Å². The largest absolute Gasteiger partial charge is 0.462 e. The second kappa shape index (κ2) is 46.9. The van der Waals surface area contributed by atoms with Gasteiger partial charge in [-0.15, -0.1) is 0 Å². The zero-order valence-electron chi connectivity index (χ0n) is 41.1. The normalized spacial score (nSPS) is 12.1. The molecule has 0 N–H and O–H groups in total. The molecule has 356 valence electrons. The first-order valence-electron chi connectivity index (χ1n) is 26.7. The van der Waals surface area contributed by atoms with Gasteiger partial charge in [-0.2, -0.15) is 0 Å². The maximum atomic E-state index is 12.8. The van der Waals surface area contributed by atoms with Crippen molar-refractivity contribution in [2.75, 3.05) is 13.2 Å². The number of hydrogen-bond donors (Lipinski definition) is 0. The minimum atomic E-state index is -0.761. The molecule has 0 spiro atoms. The van der Waals surface area contributed by atoms with E-state index >= 15 is 0 Å². The molecule has 0 aromatic heterocycles. The fourth-order valence-corrected chi connectivity index (χ4v) is 8.17. The predicted octanol–water partition coefficient (Wildman–Crippen LogP) is 17.3. The van der Waals surface area contributed by atoms with Gasteiger partial charge in [0, 0.05) is 19.3 Å². The van der Waals surface area contributed by atoms with Crippen molar-refractivity contribution in [1.82, 2.24) is 0 Å². The van der Waals surface area contributed by atoms with Crippen molar-refractivity contribution in [2.24, 2.45) is 11.8 Å². The molecule has 0 bridgehead atoms. The lowest BCUT2D eigenvalue weighted by Crippen LogP contribution is -2.30. The van der Waals surface area contributed by atoms with Crippen molar-refractivity contribution in [3.05, 3.63) is 0 Å². The highest BCUT2D eigenvalue weighted by molar-refractivity contribution is 5.71. The fraction of sp³-hybridized carbons (Fsp3) is 0.944. The van der Waals surface area contributed by atoms with Gasteiger partial charge in [-0.1, -0.05) is 259 Å². The molecule has 0 rings (SSSR count). The molecule has 0 aliphatic rings. The van der Waals surface area contributed by atoms with Gasteiger partial charge in [-0.25, -0.2) is 0 Å². The topological polar surface area (TPSA) is 78.9 Å². The Morgan fingerprint density at radius 3 is 0.817 bits per heavy atom. The number of carbonyl (C=O) groups excluding carboxylic acids is 3. The molecule has 0 aliphatic heterocycles. The molecule has 60 heavy (non-hydrogen) atoms. The van der Waals surface area contributed by atoms with Crippen molar-refractivity contribution in [3.8, 4) is 0 Å². The van der Waals surface area contributed by atoms with Gasteiger partial charge >= 0.3 is 17.9 Å². The van der Waals surface area contributed by atoms with Gasteiger partial charge in [-0.05, 0) is 31.1 Å². The Kier molecular flexibility index (Phi) is 45.7. The summed E-state index contributed by atoms with van der Waals surface area (Å²) in [4.78, 5) is 37.9. The standard InChI is InChI=1S/C54H104O6/c1-6-7-8-9-10-11-12-17-22-25-30-36-41-46-54(57)60-51(48-59-53(56)45-40-35-31-26-28-33-38-43-50(4)5)47-58-52(55)44-39-34-29-24-21-19-16-14-13-15-18-20-23-27-32-37-42-49(2)3/h49-51H,6-48H2,1-5H3/t51-/m1/s1. The molecular weight excluding hydrogens is 745 g/mol. The summed E-state index contributed by atoms with van der Waals surface area (Å²) < 4.78 is 16.8. The third-order valence-corrected chi connectivity index (χ3v) is 12.2. The number of esters is 3. The molecular formula is C54H104O6. The minimum absolute atomic E-state index is 0.0638. The Bertz CT molecular complexity index is 916. The van der Waals surface area contributed by atoms with Gasteiger partial charge < -0.3 is 14.2 Å². The number of hydrogen-bond acceptors (Lipinski definition) is 6. The van der Waals surface area contributed by atoms with Crippen molar-refractivity contribution in [1.29, 1.82) is 0 Å². The second-order valence-corrected chi connectivity index (χ2v) is 19.5. The van der Waals surface area contributed by atoms with E-state index in [0.29, 0.717) is 19.3 Å². The van der Waals surface area contributed by atoms with Gasteiger partial charge in [0.05, 0.1) is 0 Å². The first-order valence-corrected chi connectivity index (χ1v) is 26.7. The highest BCUT2D eigenvalue weighted by Crippen LogP contribution is 2.18. The summed E-state index contributed by atoms with van der Waals surface area (Å²) in [5.41, 5.74) is 0. The lowest BCUT2D eigenvalue weighted by Gasteiger charge is -2.18. The molecule has 0 saturated heterocycles. The van der Waals surface area contributed by atoms with Crippen LogP contribution in [-0.2, 0) is 28.6 Å². The molecule has 0 aromatic rings. The van der Waals surface area contributed by atoms with Crippen LogP contribution in [0.15, 0.2) is 0 Å². The molecule has 0 aliphatic carbocycles. The van der Waals surface area contributed by atoms with Gasteiger partial charge in [0.15, 0.2) is 6.10 Å². The summed E-state index contributed by atoms with van der Waals surface area (Å²) in [5, 5.41) is 0. The monoisotopic (exact) mass is 849 g/mol. The van der Waals surface area contributed by atoms with Gasteiger partial charge in [0.2, 0.25) is 0 Å². The Morgan fingerprint density at radius 1 is 0.317 bits per heavy atom. The van der Waals surface area contributed by atoms with Gasteiger partial charge in [0.25, 0.3) is 0 Å². The third-order valence-electron chi connectivity index (χ3n) is 12.2. The zero-order chi connectivity index (χ0) is 44.0. The molecule has 6 heteroatoms. The molecule has 0 saturated carbocycles. The van der Waals surface area contributed by atoms with Gasteiger partial charge in [0.1, 0.15) is 13.2 Å². The molecule has 0 amide bonds. The Balaban J connectivity index is 4.24. The van der Waals surface area contributed by atoms with Crippen LogP contribution in [0.2, 0.25) is 0 Å². The van der Waals surface area contributed by atoms with E-state index in [9.17, 15) is 14.4 Å². The van der Waals surface area contributed by atoms with E-state index in [1.165, 1.54) is 186 Å². The van der Waals surface area contributed by atoms with E-state index in [4.69, 9.17) is 14.2 Å². The highest BCUT2D eigenvalue weighted by Gasteiger charge is 2.19. The number of unbranched alkanes of at least 4 members (excludes halogenated alkanes) is 33. The number of carbonyl (C=O) groups is 3. The van der Waals surface area contributed by atoms with E-state index < -0.39 is 6.10 Å². The molecule has 0 unspecified atom stereocenters. The Morgan fingerprint density at radius 2 is 0.550 bits per heavy atom. The maximum Gasteiger partial charge on any atom is 0.306 e. The summed E-state index contributed by atoms with van der Waals surface area (Å²) in [6.07, 6.45) is 48.1. The van der Waals surface area contributed by atoms with Crippen LogP contribution in [0.3, 0.4) is 0 Å². The lowest BCUT2D eigenvalue weighted by molar-refractivity contribution is -0.167. The van der Waals surface area contributed by atoms with Crippen LogP contribution in [0, 0.1) is 11.8 Å². The molecule has 0 radical (unpaired) electrons. The average molecular weight is 849 g/mol. The number of ether oxygens (including phenoxy) is 3. The molecule has 0 aromatic carbocycles. The third kappa shape index (κ3) is 47.5. The van der Waals surface area contributed by atoms with E-state index in [-0.39, 0.29) is 31.1 Å². The summed E-state index contributed by atoms with van der Waals surface area (Å²) >= 11 is 0.